The summed E-state index contributed by atoms with van der Waals surface area (Å²) in [6.07, 6.45) is 1.94. The Kier molecular flexibility index (Phi) is 4.39. The van der Waals surface area contributed by atoms with E-state index in [9.17, 15) is 0 Å². The van der Waals surface area contributed by atoms with E-state index in [1.807, 2.05) is 13.1 Å². The second kappa shape index (κ2) is 5.86. The maximum atomic E-state index is 4.40. The molecule has 3 heterocycles. The van der Waals surface area contributed by atoms with Crippen LogP contribution < -0.4 is 5.32 Å². The Bertz CT molecular complexity index is 553. The second-order valence-corrected chi connectivity index (χ2v) is 5.15. The zero-order chi connectivity index (χ0) is 12.5. The smallest absolute Gasteiger partial charge is 0.181 e. The van der Waals surface area contributed by atoms with E-state index in [0.29, 0.717) is 6.04 Å². The van der Waals surface area contributed by atoms with Gasteiger partial charge in [0.05, 0.1) is 0 Å². The molecular weight excluding hydrogens is 262 g/mol. The van der Waals surface area contributed by atoms with Crippen molar-refractivity contribution < 1.29 is 0 Å². The Morgan fingerprint density at radius 2 is 2.32 bits per heavy atom. The lowest BCUT2D eigenvalue weighted by molar-refractivity contribution is 0.199. The monoisotopic (exact) mass is 281 g/mol. The highest BCUT2D eigenvalue weighted by Crippen LogP contribution is 2.16. The fraction of sp³-hybridized carbons (Fsp3) is 0.538. The van der Waals surface area contributed by atoms with Crippen LogP contribution in [0.15, 0.2) is 12.3 Å². The van der Waals surface area contributed by atoms with Crippen LogP contribution in [-0.4, -0.2) is 45.8 Å². The third-order valence-corrected chi connectivity index (χ3v) is 3.52. The highest BCUT2D eigenvalue weighted by Gasteiger charge is 2.16. The number of pyridine rings is 1. The molecule has 0 saturated carbocycles. The number of fused-ring (bicyclic) bond motifs is 1. The molecule has 2 aromatic rings. The van der Waals surface area contributed by atoms with Gasteiger partial charge >= 0.3 is 0 Å². The molecule has 0 amide bonds. The van der Waals surface area contributed by atoms with E-state index >= 15 is 0 Å². The van der Waals surface area contributed by atoms with Crippen molar-refractivity contribution in [3.63, 3.8) is 0 Å². The lowest BCUT2D eigenvalue weighted by atomic mass is 10.1. The molecule has 0 aliphatic carbocycles. The number of halogens is 1. The average molecular weight is 282 g/mol. The van der Waals surface area contributed by atoms with E-state index in [1.165, 1.54) is 5.56 Å². The van der Waals surface area contributed by atoms with Crippen LogP contribution >= 0.6 is 12.4 Å². The molecule has 0 spiro atoms. The average Bonchev–Trinajstić information content (AvgIpc) is 2.71. The molecule has 3 rings (SSSR count). The minimum atomic E-state index is 0. The Labute approximate surface area is 119 Å². The maximum absolute atomic E-state index is 4.40. The number of aryl methyl sites for hydroxylation is 1. The number of aromatic nitrogens is 3. The molecule has 104 valence electrons. The molecule has 2 aromatic heterocycles. The van der Waals surface area contributed by atoms with Gasteiger partial charge in [-0.2, -0.15) is 5.10 Å². The molecule has 0 aromatic carbocycles. The fourth-order valence-electron chi connectivity index (χ4n) is 2.56. The maximum Gasteiger partial charge on any atom is 0.181 e. The topological polar surface area (TPSA) is 56.8 Å². The number of piperazine rings is 1. The minimum absolute atomic E-state index is 0. The summed E-state index contributed by atoms with van der Waals surface area (Å²) in [4.78, 5) is 6.87. The first kappa shape index (κ1) is 14.2. The van der Waals surface area contributed by atoms with Gasteiger partial charge in [0.25, 0.3) is 0 Å². The van der Waals surface area contributed by atoms with Crippen molar-refractivity contribution in [3.05, 3.63) is 23.5 Å². The quantitative estimate of drug-likeness (QED) is 0.876. The van der Waals surface area contributed by atoms with E-state index in [0.717, 1.165) is 42.9 Å². The van der Waals surface area contributed by atoms with Crippen LogP contribution in [0.3, 0.4) is 0 Å². The van der Waals surface area contributed by atoms with Gasteiger partial charge in [0.15, 0.2) is 5.65 Å². The number of aromatic amines is 1. The van der Waals surface area contributed by atoms with Crippen LogP contribution in [0.1, 0.15) is 18.2 Å². The molecule has 19 heavy (non-hydrogen) atoms. The SMILES string of the molecule is Cc1[nH]nc2ncc(CN3CCN[C@@H](C)C3)cc12.Cl. The Morgan fingerprint density at radius 1 is 1.47 bits per heavy atom. The van der Waals surface area contributed by atoms with Crippen LogP contribution in [0.5, 0.6) is 0 Å². The van der Waals surface area contributed by atoms with Crippen LogP contribution in [0.4, 0.5) is 0 Å². The van der Waals surface area contributed by atoms with Gasteiger partial charge in [-0.1, -0.05) is 0 Å². The zero-order valence-electron chi connectivity index (χ0n) is 11.3. The first-order chi connectivity index (χ1) is 8.72. The van der Waals surface area contributed by atoms with Gasteiger partial charge in [0.1, 0.15) is 0 Å². The van der Waals surface area contributed by atoms with Crippen LogP contribution in [0, 0.1) is 6.92 Å². The van der Waals surface area contributed by atoms with Crippen molar-refractivity contribution in [1.29, 1.82) is 0 Å². The van der Waals surface area contributed by atoms with Crippen LogP contribution in [0.25, 0.3) is 11.0 Å². The van der Waals surface area contributed by atoms with Gasteiger partial charge in [0, 0.05) is 49.5 Å². The van der Waals surface area contributed by atoms with Gasteiger partial charge in [0.2, 0.25) is 0 Å². The highest BCUT2D eigenvalue weighted by molar-refractivity contribution is 5.85. The number of hydrogen-bond acceptors (Lipinski definition) is 4. The molecule has 1 fully saturated rings. The molecule has 1 saturated heterocycles. The van der Waals surface area contributed by atoms with E-state index in [1.54, 1.807) is 0 Å². The molecule has 6 heteroatoms. The summed E-state index contributed by atoms with van der Waals surface area (Å²) in [6, 6.07) is 2.78. The molecule has 1 atom stereocenters. The van der Waals surface area contributed by atoms with E-state index < -0.39 is 0 Å². The van der Waals surface area contributed by atoms with E-state index in [-0.39, 0.29) is 12.4 Å². The van der Waals surface area contributed by atoms with Crippen LogP contribution in [0.2, 0.25) is 0 Å². The molecule has 1 aliphatic rings. The Balaban J connectivity index is 0.00000133. The lowest BCUT2D eigenvalue weighted by Gasteiger charge is -2.31. The summed E-state index contributed by atoms with van der Waals surface area (Å²) in [5.41, 5.74) is 3.17. The summed E-state index contributed by atoms with van der Waals surface area (Å²) >= 11 is 0. The van der Waals surface area contributed by atoms with Crippen molar-refractivity contribution >= 4 is 23.4 Å². The predicted octanol–water partition coefficient (Wildman–Crippen LogP) is 1.48. The van der Waals surface area contributed by atoms with Gasteiger partial charge in [-0.15, -0.1) is 12.4 Å². The third kappa shape index (κ3) is 3.05. The highest BCUT2D eigenvalue weighted by atomic mass is 35.5. The van der Waals surface area contributed by atoms with Gasteiger partial charge in [-0.3, -0.25) is 10.00 Å². The molecule has 0 radical (unpaired) electrons. The number of hydrogen-bond donors (Lipinski definition) is 2. The standard InChI is InChI=1S/C13H19N5.ClH/c1-9-7-18(4-3-14-9)8-11-5-12-10(2)16-17-13(12)15-6-11;/h5-6,9,14H,3-4,7-8H2,1-2H3,(H,15,16,17);1H/t9-;/m0./s1. The second-order valence-electron chi connectivity index (χ2n) is 5.15. The summed E-state index contributed by atoms with van der Waals surface area (Å²) in [5.74, 6) is 0. The first-order valence-corrected chi connectivity index (χ1v) is 6.48. The van der Waals surface area contributed by atoms with Crippen molar-refractivity contribution in [1.82, 2.24) is 25.4 Å². The van der Waals surface area contributed by atoms with E-state index in [4.69, 9.17) is 0 Å². The van der Waals surface area contributed by atoms with Crippen molar-refractivity contribution in [2.75, 3.05) is 19.6 Å². The fourth-order valence-corrected chi connectivity index (χ4v) is 2.56. The van der Waals surface area contributed by atoms with E-state index in [2.05, 4.69) is 38.4 Å². The minimum Gasteiger partial charge on any atom is -0.312 e. The normalized spacial score (nSPS) is 20.4. The van der Waals surface area contributed by atoms with Gasteiger partial charge in [-0.05, 0) is 25.5 Å². The van der Waals surface area contributed by atoms with Gasteiger partial charge in [-0.25, -0.2) is 4.98 Å². The van der Waals surface area contributed by atoms with Crippen molar-refractivity contribution in [3.8, 4) is 0 Å². The zero-order valence-corrected chi connectivity index (χ0v) is 12.1. The molecule has 1 aliphatic heterocycles. The summed E-state index contributed by atoms with van der Waals surface area (Å²) < 4.78 is 0. The molecular formula is C13H20ClN5. The summed E-state index contributed by atoms with van der Waals surface area (Å²) in [7, 11) is 0. The number of nitrogens with zero attached hydrogens (tertiary/aromatic N) is 3. The Morgan fingerprint density at radius 3 is 3.11 bits per heavy atom. The summed E-state index contributed by atoms with van der Waals surface area (Å²) in [6.45, 7) is 8.51. The largest absolute Gasteiger partial charge is 0.312 e. The van der Waals surface area contributed by atoms with Crippen LogP contribution in [-0.2, 0) is 6.54 Å². The van der Waals surface area contributed by atoms with Crippen molar-refractivity contribution in [2.45, 2.75) is 26.4 Å². The molecule has 2 N–H and O–H groups in total. The number of rotatable bonds is 2. The third-order valence-electron chi connectivity index (χ3n) is 3.52. The number of nitrogens with one attached hydrogen (secondary N) is 2. The number of H-pyrrole nitrogens is 1. The lowest BCUT2D eigenvalue weighted by Crippen LogP contribution is -2.48. The molecule has 5 nitrogen and oxygen atoms in total. The molecule has 0 unspecified atom stereocenters. The van der Waals surface area contributed by atoms with Gasteiger partial charge < -0.3 is 5.32 Å². The predicted molar refractivity (Wildman–Crippen MR) is 78.6 cm³/mol. The Hall–Kier alpha value is -1.17. The van der Waals surface area contributed by atoms with Crippen molar-refractivity contribution in [2.24, 2.45) is 0 Å². The first-order valence-electron chi connectivity index (χ1n) is 6.48. The molecule has 0 bridgehead atoms. The summed E-state index contributed by atoms with van der Waals surface area (Å²) in [5, 5.41) is 11.7.